The Morgan fingerprint density at radius 3 is 2.29 bits per heavy atom. The van der Waals surface area contributed by atoms with Crippen LogP contribution in [0.25, 0.3) is 0 Å². The summed E-state index contributed by atoms with van der Waals surface area (Å²) in [5.74, 6) is 1.15. The summed E-state index contributed by atoms with van der Waals surface area (Å²) in [4.78, 5) is 30.1. The van der Waals surface area contributed by atoms with Gasteiger partial charge in [-0.2, -0.15) is 0 Å². The molecule has 2 aliphatic carbocycles. The fourth-order valence-corrected chi connectivity index (χ4v) is 5.82. The first-order valence-corrected chi connectivity index (χ1v) is 11.4. The second-order valence-electron chi connectivity index (χ2n) is 9.66. The highest BCUT2D eigenvalue weighted by Gasteiger charge is 2.54. The van der Waals surface area contributed by atoms with Crippen LogP contribution in [0.3, 0.4) is 0 Å². The minimum Gasteiger partial charge on any atom is -0.378 e. The van der Waals surface area contributed by atoms with Gasteiger partial charge in [0, 0.05) is 38.4 Å². The molecule has 2 fully saturated rings. The van der Waals surface area contributed by atoms with Crippen molar-refractivity contribution in [2.75, 3.05) is 30.9 Å². The van der Waals surface area contributed by atoms with E-state index in [4.69, 9.17) is 0 Å². The Bertz CT molecular complexity index is 1000. The Hall–Kier alpha value is -2.82. The molecule has 0 bridgehead atoms. The van der Waals surface area contributed by atoms with Gasteiger partial charge in [0.05, 0.1) is 0 Å². The number of nitrogens with one attached hydrogen (secondary N) is 1. The average Bonchev–Trinajstić information content (AvgIpc) is 2.76. The lowest BCUT2D eigenvalue weighted by molar-refractivity contribution is -0.159. The molecule has 0 unspecified atom stereocenters. The monoisotopic (exact) mass is 417 g/mol. The van der Waals surface area contributed by atoms with Gasteiger partial charge in [-0.25, -0.2) is 0 Å². The smallest absolute Gasteiger partial charge is 0.250 e. The van der Waals surface area contributed by atoms with Gasteiger partial charge in [0.2, 0.25) is 11.8 Å². The van der Waals surface area contributed by atoms with Crippen molar-refractivity contribution in [1.82, 2.24) is 4.90 Å². The molecule has 31 heavy (non-hydrogen) atoms. The summed E-state index contributed by atoms with van der Waals surface area (Å²) in [6, 6.07) is 16.6. The fourth-order valence-electron chi connectivity index (χ4n) is 5.82. The molecule has 2 aromatic carbocycles. The average molecular weight is 418 g/mol. The van der Waals surface area contributed by atoms with Gasteiger partial charge in [0.25, 0.3) is 0 Å². The maximum absolute atomic E-state index is 13.7. The van der Waals surface area contributed by atoms with Crippen LogP contribution < -0.4 is 10.2 Å². The van der Waals surface area contributed by atoms with Gasteiger partial charge in [0.15, 0.2) is 0 Å². The van der Waals surface area contributed by atoms with Gasteiger partial charge < -0.3 is 15.1 Å². The molecule has 0 aromatic heterocycles. The maximum Gasteiger partial charge on any atom is 0.250 e. The molecule has 5 rings (SSSR count). The normalized spacial score (nSPS) is 27.0. The van der Waals surface area contributed by atoms with Crippen LogP contribution in [0.4, 0.5) is 11.4 Å². The molecule has 0 spiro atoms. The van der Waals surface area contributed by atoms with E-state index in [0.717, 1.165) is 43.5 Å². The number of carbonyl (C=O) groups excluding carboxylic acids is 2. The SMILES string of the molecule is CN(C)c1ccc(NC(=O)[C@]2(N3CCC3=O)CC[C@@H]3Cc4ccccc4C[C@@H]3C2)cc1. The topological polar surface area (TPSA) is 52.7 Å². The number of likely N-dealkylation sites (tertiary alicyclic amines) is 1. The first-order valence-electron chi connectivity index (χ1n) is 11.4. The molecule has 1 N–H and O–H groups in total. The van der Waals surface area contributed by atoms with Crippen molar-refractivity contribution in [3.63, 3.8) is 0 Å². The van der Waals surface area contributed by atoms with E-state index in [-0.39, 0.29) is 11.8 Å². The predicted molar refractivity (Wildman–Crippen MR) is 123 cm³/mol. The molecule has 1 aliphatic heterocycles. The molecule has 162 valence electrons. The Labute approximate surface area is 184 Å². The Balaban J connectivity index is 1.40. The van der Waals surface area contributed by atoms with E-state index in [1.54, 1.807) is 0 Å². The van der Waals surface area contributed by atoms with Gasteiger partial charge in [-0.05, 0) is 79.3 Å². The second-order valence-corrected chi connectivity index (χ2v) is 9.66. The van der Waals surface area contributed by atoms with Crippen molar-refractivity contribution >= 4 is 23.2 Å². The third-order valence-electron chi connectivity index (χ3n) is 7.71. The van der Waals surface area contributed by atoms with Crippen molar-refractivity contribution in [2.24, 2.45) is 11.8 Å². The third-order valence-corrected chi connectivity index (χ3v) is 7.71. The highest BCUT2D eigenvalue weighted by Crippen LogP contribution is 2.47. The molecular weight excluding hydrogens is 386 g/mol. The summed E-state index contributed by atoms with van der Waals surface area (Å²) in [5, 5.41) is 3.15. The van der Waals surface area contributed by atoms with Crippen LogP contribution in [0.5, 0.6) is 0 Å². The van der Waals surface area contributed by atoms with Gasteiger partial charge in [-0.1, -0.05) is 24.3 Å². The molecule has 3 atom stereocenters. The molecule has 0 radical (unpaired) electrons. The number of carbonyl (C=O) groups is 2. The van der Waals surface area contributed by atoms with Crippen LogP contribution in [-0.4, -0.2) is 42.9 Å². The summed E-state index contributed by atoms with van der Waals surface area (Å²) in [6.07, 6.45) is 5.18. The Morgan fingerprint density at radius 1 is 1.03 bits per heavy atom. The van der Waals surface area contributed by atoms with Crippen LogP contribution in [0.1, 0.15) is 36.8 Å². The number of fused-ring (bicyclic) bond motifs is 2. The van der Waals surface area contributed by atoms with Crippen molar-refractivity contribution < 1.29 is 9.59 Å². The van der Waals surface area contributed by atoms with E-state index in [0.29, 0.717) is 24.8 Å². The number of hydrogen-bond donors (Lipinski definition) is 1. The molecule has 2 amide bonds. The standard InChI is InChI=1S/C26H31N3O2/c1-28(2)23-9-7-22(8-10-23)27-25(31)26(29-14-12-24(29)30)13-11-20-15-18-5-3-4-6-19(18)16-21(20)17-26/h3-10,20-21H,11-17H2,1-2H3,(H,27,31)/t20-,21-,26+/m1/s1. The summed E-state index contributed by atoms with van der Waals surface area (Å²) >= 11 is 0. The quantitative estimate of drug-likeness (QED) is 0.768. The molecule has 2 aromatic rings. The lowest BCUT2D eigenvalue weighted by atomic mass is 9.62. The molecular formula is C26H31N3O2. The fraction of sp³-hybridized carbons (Fsp3) is 0.462. The molecule has 5 nitrogen and oxygen atoms in total. The largest absolute Gasteiger partial charge is 0.378 e. The van der Waals surface area contributed by atoms with Crippen molar-refractivity contribution in [3.8, 4) is 0 Å². The first kappa shape index (κ1) is 20.1. The zero-order chi connectivity index (χ0) is 21.6. The molecule has 5 heteroatoms. The van der Waals surface area contributed by atoms with Crippen LogP contribution in [-0.2, 0) is 22.4 Å². The van der Waals surface area contributed by atoms with Gasteiger partial charge in [0.1, 0.15) is 5.54 Å². The predicted octanol–water partition coefficient (Wildman–Crippen LogP) is 3.88. The van der Waals surface area contributed by atoms with E-state index < -0.39 is 5.54 Å². The van der Waals surface area contributed by atoms with E-state index in [9.17, 15) is 9.59 Å². The number of amides is 2. The van der Waals surface area contributed by atoms with Crippen molar-refractivity contribution in [1.29, 1.82) is 0 Å². The van der Waals surface area contributed by atoms with Crippen molar-refractivity contribution in [2.45, 2.75) is 44.1 Å². The van der Waals surface area contributed by atoms with Crippen LogP contribution in [0.2, 0.25) is 0 Å². The number of nitrogens with zero attached hydrogens (tertiary/aromatic N) is 2. The summed E-state index contributed by atoms with van der Waals surface area (Å²) in [5.41, 5.74) is 4.03. The number of rotatable bonds is 4. The van der Waals surface area contributed by atoms with E-state index in [2.05, 4.69) is 29.6 Å². The van der Waals surface area contributed by atoms with Crippen LogP contribution in [0, 0.1) is 11.8 Å². The Kier molecular flexibility index (Phi) is 4.99. The lowest BCUT2D eigenvalue weighted by Crippen LogP contribution is -2.66. The summed E-state index contributed by atoms with van der Waals surface area (Å²) < 4.78 is 0. The highest BCUT2D eigenvalue weighted by molar-refractivity contribution is 6.01. The number of β-lactam (4-membered cyclic amide) rings is 1. The van der Waals surface area contributed by atoms with Gasteiger partial charge >= 0.3 is 0 Å². The zero-order valence-corrected chi connectivity index (χ0v) is 18.4. The maximum atomic E-state index is 13.7. The van der Waals surface area contributed by atoms with Crippen molar-refractivity contribution in [3.05, 3.63) is 59.7 Å². The lowest BCUT2D eigenvalue weighted by Gasteiger charge is -2.53. The van der Waals surface area contributed by atoms with E-state index in [1.807, 2.05) is 48.2 Å². The van der Waals surface area contributed by atoms with Crippen LogP contribution >= 0.6 is 0 Å². The third kappa shape index (κ3) is 3.50. The minimum atomic E-state index is -0.719. The second kappa shape index (κ2) is 7.70. The number of benzene rings is 2. The van der Waals surface area contributed by atoms with E-state index >= 15 is 0 Å². The zero-order valence-electron chi connectivity index (χ0n) is 18.4. The summed E-state index contributed by atoms with van der Waals surface area (Å²) in [7, 11) is 4.00. The minimum absolute atomic E-state index is 0.0181. The molecule has 1 heterocycles. The van der Waals surface area contributed by atoms with Gasteiger partial charge in [-0.15, -0.1) is 0 Å². The Morgan fingerprint density at radius 2 is 1.71 bits per heavy atom. The summed E-state index contributed by atoms with van der Waals surface area (Å²) in [6.45, 7) is 0.694. The van der Waals surface area contributed by atoms with E-state index in [1.165, 1.54) is 11.1 Å². The first-order chi connectivity index (χ1) is 15.0. The number of hydrogen-bond acceptors (Lipinski definition) is 3. The molecule has 1 saturated carbocycles. The highest BCUT2D eigenvalue weighted by atomic mass is 16.2. The number of anilines is 2. The van der Waals surface area contributed by atoms with Gasteiger partial charge in [-0.3, -0.25) is 9.59 Å². The van der Waals surface area contributed by atoms with Crippen LogP contribution in [0.15, 0.2) is 48.5 Å². The molecule has 1 saturated heterocycles. The molecule has 3 aliphatic rings.